The van der Waals surface area contributed by atoms with Crippen molar-refractivity contribution in [2.75, 3.05) is 9.80 Å². The van der Waals surface area contributed by atoms with Gasteiger partial charge in [0, 0.05) is 70.2 Å². The molecule has 4 saturated carbocycles. The highest BCUT2D eigenvalue weighted by Crippen LogP contribution is 2.50. The highest BCUT2D eigenvalue weighted by Gasteiger charge is 2.27. The molecule has 0 amide bonds. The Morgan fingerprint density at radius 3 is 1.25 bits per heavy atom. The number of anilines is 6. The number of nitrogens with zero attached hydrogens (tertiary/aromatic N) is 3. The molecule has 0 unspecified atom stereocenters. The third-order valence-corrected chi connectivity index (χ3v) is 21.4. The standard InChI is InChI=1S/C76H73N3S/c1-5-15-50(16-6-1)54-25-33-60(34-26-54)77(61-35-27-55(28-36-61)51-17-7-2-8-18-51)64-41-42-65-69-46-58-45-68-66-43-44-71(75-67-23-13-14-24-70(67)79(76(66)75)72(68)47-59(58)48-73(69)80-74(65)49-64)78(62-37-29-56(30-38-62)52-19-9-3-10-20-52)63-39-31-57(32-40-63)53-21-11-4-12-22-53/h13-14,23-53H,1-12,15-22H2. The van der Waals surface area contributed by atoms with Crippen molar-refractivity contribution in [3.8, 4) is 0 Å². The van der Waals surface area contributed by atoms with Gasteiger partial charge in [0.1, 0.15) is 0 Å². The summed E-state index contributed by atoms with van der Waals surface area (Å²) in [5, 5.41) is 10.5. The first kappa shape index (κ1) is 48.7. The number of hydrogen-bond acceptors (Lipinski definition) is 3. The van der Waals surface area contributed by atoms with Gasteiger partial charge in [-0.15, -0.1) is 11.3 Å². The summed E-state index contributed by atoms with van der Waals surface area (Å²) in [6.45, 7) is 0. The first-order valence-corrected chi connectivity index (χ1v) is 32.0. The molecule has 0 radical (unpaired) electrons. The van der Waals surface area contributed by atoms with Crippen LogP contribution in [0.5, 0.6) is 0 Å². The summed E-state index contributed by atoms with van der Waals surface area (Å²) in [5.74, 6) is 2.72. The molecular weight excluding hydrogens is 987 g/mol. The monoisotopic (exact) mass is 1060 g/mol. The molecule has 4 heteroatoms. The van der Waals surface area contributed by atoms with Gasteiger partial charge in [-0.25, -0.2) is 0 Å². The van der Waals surface area contributed by atoms with Crippen molar-refractivity contribution in [2.24, 2.45) is 0 Å². The second-order valence-electron chi connectivity index (χ2n) is 24.9. The van der Waals surface area contributed by atoms with E-state index >= 15 is 0 Å². The lowest BCUT2D eigenvalue weighted by atomic mass is 9.84. The van der Waals surface area contributed by atoms with Crippen LogP contribution in [0, 0.1) is 0 Å². The van der Waals surface area contributed by atoms with Gasteiger partial charge in [0.05, 0.1) is 22.2 Å². The molecule has 0 saturated heterocycles. The zero-order valence-electron chi connectivity index (χ0n) is 46.4. The third-order valence-electron chi connectivity index (χ3n) is 20.3. The van der Waals surface area contributed by atoms with E-state index in [-0.39, 0.29) is 0 Å². The van der Waals surface area contributed by atoms with E-state index in [9.17, 15) is 0 Å². The molecule has 0 atom stereocenters. The number of thiophene rings is 1. The fraction of sp³-hybridized carbons (Fsp3) is 0.316. The lowest BCUT2D eigenvalue weighted by molar-refractivity contribution is 0.443. The molecule has 4 fully saturated rings. The number of benzene rings is 9. The van der Waals surface area contributed by atoms with E-state index in [0.29, 0.717) is 23.7 Å². The molecule has 0 N–H and O–H groups in total. The highest BCUT2D eigenvalue weighted by atomic mass is 32.1. The molecule has 4 aliphatic rings. The van der Waals surface area contributed by atoms with Crippen LogP contribution in [0.3, 0.4) is 0 Å². The van der Waals surface area contributed by atoms with E-state index in [0.717, 1.165) is 0 Å². The van der Waals surface area contributed by atoms with Gasteiger partial charge in [-0.2, -0.15) is 0 Å². The molecule has 9 aromatic carbocycles. The van der Waals surface area contributed by atoms with Gasteiger partial charge >= 0.3 is 0 Å². The first-order valence-electron chi connectivity index (χ1n) is 31.2. The predicted octanol–water partition coefficient (Wildman–Crippen LogP) is 23.5. The number of para-hydroxylation sites is 1. The number of aromatic nitrogens is 1. The van der Waals surface area contributed by atoms with Gasteiger partial charge < -0.3 is 14.2 Å². The van der Waals surface area contributed by atoms with Crippen LogP contribution in [0.2, 0.25) is 0 Å². The molecule has 4 aliphatic carbocycles. The minimum absolute atomic E-state index is 0.671. The maximum atomic E-state index is 2.59. The SMILES string of the molecule is c1ccc2c(c1)c1c(N(c3ccc(C4CCCCC4)cc3)c3ccc(C4CCCCC4)cc3)ccc3c4cc5cc6c(cc5cc4n2c31)sc1cc(N(c2ccc(C3CCCCC3)cc2)c2ccc(C3CCCCC3)cc2)ccc16. The van der Waals surface area contributed by atoms with Crippen molar-refractivity contribution >= 4 is 115 Å². The average molecular weight is 1060 g/mol. The molecule has 16 rings (SSSR count). The Bertz CT molecular complexity index is 4070. The Morgan fingerprint density at radius 1 is 0.312 bits per heavy atom. The average Bonchev–Trinajstić information content (AvgIpc) is 4.31. The predicted molar refractivity (Wildman–Crippen MR) is 344 cm³/mol. The van der Waals surface area contributed by atoms with Crippen LogP contribution < -0.4 is 9.80 Å². The van der Waals surface area contributed by atoms with Crippen molar-refractivity contribution in [3.05, 3.63) is 198 Å². The van der Waals surface area contributed by atoms with Gasteiger partial charge in [-0.05, 0) is 205 Å². The maximum absolute atomic E-state index is 2.59. The van der Waals surface area contributed by atoms with Gasteiger partial charge in [-0.3, -0.25) is 0 Å². The number of fused-ring (bicyclic) bond motifs is 10. The third kappa shape index (κ3) is 8.49. The first-order chi connectivity index (χ1) is 39.6. The Hall–Kier alpha value is -7.14. The summed E-state index contributed by atoms with van der Waals surface area (Å²) >= 11 is 1.94. The van der Waals surface area contributed by atoms with E-state index in [1.807, 2.05) is 11.3 Å². The summed E-state index contributed by atoms with van der Waals surface area (Å²) in [5.41, 5.74) is 17.2. The zero-order chi connectivity index (χ0) is 52.7. The molecule has 3 nitrogen and oxygen atoms in total. The summed E-state index contributed by atoms with van der Waals surface area (Å²) in [6, 6.07) is 69.9. The summed E-state index contributed by atoms with van der Waals surface area (Å²) < 4.78 is 5.26. The van der Waals surface area contributed by atoms with E-state index < -0.39 is 0 Å². The van der Waals surface area contributed by atoms with Crippen molar-refractivity contribution in [3.63, 3.8) is 0 Å². The fourth-order valence-corrected chi connectivity index (χ4v) is 17.2. The topological polar surface area (TPSA) is 10.9 Å². The Balaban J connectivity index is 0.805. The van der Waals surface area contributed by atoms with Crippen LogP contribution in [0.25, 0.3) is 69.0 Å². The number of hydrogen-bond donors (Lipinski definition) is 0. The molecule has 398 valence electrons. The van der Waals surface area contributed by atoms with Crippen molar-refractivity contribution in [2.45, 2.75) is 152 Å². The van der Waals surface area contributed by atoms with Crippen molar-refractivity contribution < 1.29 is 0 Å². The van der Waals surface area contributed by atoms with E-state index in [4.69, 9.17) is 0 Å². The normalized spacial score (nSPS) is 17.6. The molecule has 0 spiro atoms. The van der Waals surface area contributed by atoms with E-state index in [2.05, 4.69) is 190 Å². The minimum atomic E-state index is 0.671. The summed E-state index contributed by atoms with van der Waals surface area (Å²) in [6.07, 6.45) is 26.8. The van der Waals surface area contributed by atoms with Crippen LogP contribution in [0.15, 0.2) is 176 Å². The fourth-order valence-electron chi connectivity index (χ4n) is 16.0. The quantitative estimate of drug-likeness (QED) is 0.135. The Labute approximate surface area is 476 Å². The van der Waals surface area contributed by atoms with Crippen LogP contribution in [-0.4, -0.2) is 4.40 Å². The van der Waals surface area contributed by atoms with Gasteiger partial charge in [0.25, 0.3) is 0 Å². The second-order valence-corrected chi connectivity index (χ2v) is 26.0. The second kappa shape index (κ2) is 20.4. The molecular formula is C76H73N3S. The maximum Gasteiger partial charge on any atom is 0.0641 e. The zero-order valence-corrected chi connectivity index (χ0v) is 47.3. The van der Waals surface area contributed by atoms with Gasteiger partial charge in [-0.1, -0.05) is 156 Å². The van der Waals surface area contributed by atoms with Crippen molar-refractivity contribution in [1.29, 1.82) is 0 Å². The molecule has 12 aromatic rings. The Morgan fingerprint density at radius 2 is 0.738 bits per heavy atom. The minimum Gasteiger partial charge on any atom is -0.310 e. The van der Waals surface area contributed by atoms with Crippen LogP contribution in [-0.2, 0) is 0 Å². The summed E-state index contributed by atoms with van der Waals surface area (Å²) in [7, 11) is 0. The lowest BCUT2D eigenvalue weighted by Gasteiger charge is -2.28. The summed E-state index contributed by atoms with van der Waals surface area (Å²) in [4.78, 5) is 5.07. The van der Waals surface area contributed by atoms with E-state index in [1.165, 1.54) is 254 Å². The molecule has 3 heterocycles. The van der Waals surface area contributed by atoms with E-state index in [1.54, 1.807) is 0 Å². The number of rotatable bonds is 10. The smallest absolute Gasteiger partial charge is 0.0641 e. The van der Waals surface area contributed by atoms with Crippen LogP contribution in [0.1, 0.15) is 174 Å². The van der Waals surface area contributed by atoms with Crippen molar-refractivity contribution in [1.82, 2.24) is 4.40 Å². The highest BCUT2D eigenvalue weighted by molar-refractivity contribution is 7.26. The Kier molecular flexibility index (Phi) is 12.5. The molecule has 0 aliphatic heterocycles. The van der Waals surface area contributed by atoms with Crippen LogP contribution >= 0.6 is 11.3 Å². The largest absolute Gasteiger partial charge is 0.310 e. The molecule has 3 aromatic heterocycles. The molecule has 0 bridgehead atoms. The van der Waals surface area contributed by atoms with Gasteiger partial charge in [0.2, 0.25) is 0 Å². The van der Waals surface area contributed by atoms with Crippen LogP contribution in [0.4, 0.5) is 34.1 Å². The lowest BCUT2D eigenvalue weighted by Crippen LogP contribution is -2.12. The molecule has 80 heavy (non-hydrogen) atoms. The van der Waals surface area contributed by atoms with Gasteiger partial charge in [0.15, 0.2) is 0 Å².